The molecule has 1 saturated heterocycles. The first kappa shape index (κ1) is 21.2. The Bertz CT molecular complexity index is 617. The van der Waals surface area contributed by atoms with E-state index < -0.39 is 54.5 Å². The summed E-state index contributed by atoms with van der Waals surface area (Å²) in [6, 6.07) is 0. The molecule has 5 atom stereocenters. The van der Waals surface area contributed by atoms with Crippen LogP contribution in [0.2, 0.25) is 0 Å². The second-order valence-electron chi connectivity index (χ2n) is 5.29. The van der Waals surface area contributed by atoms with Gasteiger partial charge in [0.1, 0.15) is 12.7 Å². The van der Waals surface area contributed by atoms with Crippen molar-refractivity contribution < 1.29 is 42.9 Å². The van der Waals surface area contributed by atoms with Crippen LogP contribution in [0, 0.1) is 0 Å². The Balaban J connectivity index is 3.28. The van der Waals surface area contributed by atoms with Gasteiger partial charge in [-0.25, -0.2) is 0 Å². The lowest BCUT2D eigenvalue weighted by molar-refractivity contribution is -0.251. The smallest absolute Gasteiger partial charge is 0.303 e. The zero-order valence-electron chi connectivity index (χ0n) is 14.6. The summed E-state index contributed by atoms with van der Waals surface area (Å²) in [7, 11) is 0. The summed E-state index contributed by atoms with van der Waals surface area (Å²) >= 11 is 0. The highest BCUT2D eigenvalue weighted by atomic mass is 16.7. The molecule has 144 valence electrons. The molecule has 0 N–H and O–H groups in total. The summed E-state index contributed by atoms with van der Waals surface area (Å²) in [4.78, 5) is 48.0. The third kappa shape index (κ3) is 6.22. The Morgan fingerprint density at radius 2 is 1.38 bits per heavy atom. The first-order chi connectivity index (χ1) is 12.1. The van der Waals surface area contributed by atoms with Crippen molar-refractivity contribution in [2.45, 2.75) is 58.3 Å². The maximum atomic E-state index is 11.5. The molecule has 0 unspecified atom stereocenters. The van der Waals surface area contributed by atoms with Crippen LogP contribution in [0.15, 0.2) is 5.11 Å². The highest BCUT2D eigenvalue weighted by Crippen LogP contribution is 2.29. The molecule has 0 amide bonds. The van der Waals surface area contributed by atoms with Crippen molar-refractivity contribution in [2.75, 3.05) is 6.61 Å². The van der Waals surface area contributed by atoms with Crippen LogP contribution in [0.25, 0.3) is 10.4 Å². The van der Waals surface area contributed by atoms with Crippen molar-refractivity contribution in [3.63, 3.8) is 0 Å². The molecule has 0 aromatic carbocycles. The summed E-state index contributed by atoms with van der Waals surface area (Å²) in [5, 5.41) is 3.38. The summed E-state index contributed by atoms with van der Waals surface area (Å²) in [5.74, 6) is -2.92. The van der Waals surface area contributed by atoms with Gasteiger partial charge in [0.15, 0.2) is 24.5 Å². The van der Waals surface area contributed by atoms with Crippen LogP contribution in [-0.2, 0) is 42.9 Å². The molecule has 0 spiro atoms. The van der Waals surface area contributed by atoms with Crippen LogP contribution in [0.3, 0.4) is 0 Å². The minimum atomic E-state index is -1.40. The molecule has 0 aromatic rings. The summed E-state index contributed by atoms with van der Waals surface area (Å²) in [5.41, 5.74) is 8.71. The number of hydrogen-bond donors (Lipinski definition) is 0. The van der Waals surface area contributed by atoms with E-state index in [1.54, 1.807) is 0 Å². The average molecular weight is 373 g/mol. The van der Waals surface area contributed by atoms with Crippen LogP contribution >= 0.6 is 0 Å². The van der Waals surface area contributed by atoms with Gasteiger partial charge in [-0.3, -0.25) is 19.2 Å². The van der Waals surface area contributed by atoms with Gasteiger partial charge in [0.2, 0.25) is 0 Å². The van der Waals surface area contributed by atoms with E-state index in [9.17, 15) is 19.2 Å². The highest BCUT2D eigenvalue weighted by molar-refractivity contribution is 5.68. The van der Waals surface area contributed by atoms with Crippen molar-refractivity contribution in [2.24, 2.45) is 5.11 Å². The van der Waals surface area contributed by atoms with Gasteiger partial charge in [0.25, 0.3) is 0 Å². The minimum Gasteiger partial charge on any atom is -0.463 e. The molecule has 1 heterocycles. The number of hydrogen-bond acceptors (Lipinski definition) is 10. The molecule has 0 radical (unpaired) electrons. The first-order valence-electron chi connectivity index (χ1n) is 7.50. The molecule has 12 nitrogen and oxygen atoms in total. The molecule has 26 heavy (non-hydrogen) atoms. The van der Waals surface area contributed by atoms with Gasteiger partial charge in [-0.1, -0.05) is 5.11 Å². The first-order valence-corrected chi connectivity index (χ1v) is 7.50. The Morgan fingerprint density at radius 3 is 1.85 bits per heavy atom. The topological polar surface area (TPSA) is 163 Å². The molecule has 1 fully saturated rings. The predicted molar refractivity (Wildman–Crippen MR) is 81.1 cm³/mol. The fraction of sp³-hybridized carbons (Fsp3) is 0.714. The lowest BCUT2D eigenvalue weighted by atomic mass is 9.97. The molecule has 1 aliphatic heterocycles. The molecule has 0 bridgehead atoms. The molecule has 1 aliphatic rings. The van der Waals surface area contributed by atoms with Gasteiger partial charge in [0, 0.05) is 32.6 Å². The van der Waals surface area contributed by atoms with Crippen LogP contribution in [-0.4, -0.2) is 61.1 Å². The van der Waals surface area contributed by atoms with Crippen LogP contribution in [0.5, 0.6) is 0 Å². The lowest BCUT2D eigenvalue weighted by Gasteiger charge is -2.43. The van der Waals surface area contributed by atoms with Gasteiger partial charge in [-0.05, 0) is 5.53 Å². The number of ether oxygens (including phenoxy) is 5. The van der Waals surface area contributed by atoms with Crippen molar-refractivity contribution in [1.29, 1.82) is 0 Å². The molecule has 0 aliphatic carbocycles. The fourth-order valence-electron chi connectivity index (χ4n) is 2.35. The van der Waals surface area contributed by atoms with Crippen molar-refractivity contribution in [3.8, 4) is 0 Å². The van der Waals surface area contributed by atoms with Crippen LogP contribution in [0.1, 0.15) is 27.7 Å². The molecular formula is C14H19N3O9. The van der Waals surface area contributed by atoms with E-state index in [1.165, 1.54) is 0 Å². The van der Waals surface area contributed by atoms with Crippen molar-refractivity contribution in [3.05, 3.63) is 10.4 Å². The maximum Gasteiger partial charge on any atom is 0.303 e. The Morgan fingerprint density at radius 1 is 0.885 bits per heavy atom. The van der Waals surface area contributed by atoms with E-state index in [0.717, 1.165) is 27.7 Å². The highest BCUT2D eigenvalue weighted by Gasteiger charge is 2.51. The Hall–Kier alpha value is -2.85. The van der Waals surface area contributed by atoms with Crippen molar-refractivity contribution in [1.82, 2.24) is 0 Å². The summed E-state index contributed by atoms with van der Waals surface area (Å²) in [6.45, 7) is 4.06. The normalized spacial score (nSPS) is 27.5. The van der Waals surface area contributed by atoms with Gasteiger partial charge in [-0.15, -0.1) is 0 Å². The van der Waals surface area contributed by atoms with Crippen molar-refractivity contribution >= 4 is 23.9 Å². The molecule has 12 heteroatoms. The monoisotopic (exact) mass is 373 g/mol. The third-order valence-electron chi connectivity index (χ3n) is 3.13. The minimum absolute atomic E-state index is 0.380. The summed E-state index contributed by atoms with van der Waals surface area (Å²) in [6.07, 6.45) is -6.52. The standard InChI is InChI=1S/C14H19N3O9/c1-6(18)22-5-10-11(23-7(2)19)12(24-8(3)20)13(25-9(4)21)14(26-10)16-17-15/h10-14H,5H2,1-4H3/t10-,11-,12-,13-,14-/m1/s1. The lowest BCUT2D eigenvalue weighted by Crippen LogP contribution is -2.61. The maximum absolute atomic E-state index is 11.5. The van der Waals surface area contributed by atoms with Gasteiger partial charge < -0.3 is 23.7 Å². The molecular weight excluding hydrogens is 354 g/mol. The largest absolute Gasteiger partial charge is 0.463 e. The SMILES string of the molecule is CC(=O)OC[C@H]1O[C@@H](N=[N+]=[N-])[C@H](OC(C)=O)[C@H](OC(C)=O)[C@@H]1OC(C)=O. The van der Waals surface area contributed by atoms with E-state index in [4.69, 9.17) is 29.2 Å². The van der Waals surface area contributed by atoms with Gasteiger partial charge in [0.05, 0.1) is 0 Å². The number of rotatable bonds is 6. The third-order valence-corrected chi connectivity index (χ3v) is 3.13. The van der Waals surface area contributed by atoms with E-state index in [0.29, 0.717) is 0 Å². The van der Waals surface area contributed by atoms with Crippen LogP contribution < -0.4 is 0 Å². The van der Waals surface area contributed by atoms with Crippen LogP contribution in [0.4, 0.5) is 0 Å². The van der Waals surface area contributed by atoms with E-state index in [-0.39, 0.29) is 6.61 Å². The fourth-order valence-corrected chi connectivity index (χ4v) is 2.35. The van der Waals surface area contributed by atoms with E-state index in [1.807, 2.05) is 0 Å². The Kier molecular flexibility index (Phi) is 7.81. The Labute approximate surface area is 148 Å². The number of azide groups is 1. The quantitative estimate of drug-likeness (QED) is 0.210. The molecule has 0 aromatic heterocycles. The number of nitrogens with zero attached hydrogens (tertiary/aromatic N) is 3. The molecule has 1 rings (SSSR count). The zero-order valence-corrected chi connectivity index (χ0v) is 14.6. The van der Waals surface area contributed by atoms with E-state index in [2.05, 4.69) is 10.0 Å². The van der Waals surface area contributed by atoms with Gasteiger partial charge in [-0.2, -0.15) is 0 Å². The second kappa shape index (κ2) is 9.59. The second-order valence-corrected chi connectivity index (χ2v) is 5.29. The predicted octanol–water partition coefficient (Wildman–Crippen LogP) is 0.380. The molecule has 0 saturated carbocycles. The number of carbonyl (C=O) groups excluding carboxylic acids is 4. The number of carbonyl (C=O) groups is 4. The zero-order chi connectivity index (χ0) is 19.9. The van der Waals surface area contributed by atoms with Gasteiger partial charge >= 0.3 is 23.9 Å². The average Bonchev–Trinajstić information content (AvgIpc) is 2.50. The summed E-state index contributed by atoms with van der Waals surface area (Å²) < 4.78 is 25.6. The number of esters is 4. The van der Waals surface area contributed by atoms with E-state index >= 15 is 0 Å².